The standard InChI is InChI=1S/C54H35NO2/c1-3-12-36(13-4-1)38-24-28-43(29-25-38)55(44-30-26-39(27-31-44)37-14-5-2-6-15-37)45-19-10-17-41(35-45)40-16-9-18-42(34-40)46-21-11-23-50-52(46)53-51(56-50)33-32-48-47-20-7-8-22-49(47)57-54(48)53/h1-35H. The molecule has 268 valence electrons. The lowest BCUT2D eigenvalue weighted by molar-refractivity contribution is 0.663. The van der Waals surface area contributed by atoms with Gasteiger partial charge in [-0.25, -0.2) is 0 Å². The van der Waals surface area contributed by atoms with Crippen molar-refractivity contribution in [2.75, 3.05) is 4.90 Å². The fourth-order valence-corrected chi connectivity index (χ4v) is 8.33. The Balaban J connectivity index is 1.01. The second kappa shape index (κ2) is 13.6. The summed E-state index contributed by atoms with van der Waals surface area (Å²) in [6.07, 6.45) is 0. The van der Waals surface area contributed by atoms with Crippen LogP contribution in [0.15, 0.2) is 221 Å². The number of para-hydroxylation sites is 1. The minimum absolute atomic E-state index is 0.821. The molecule has 0 bridgehead atoms. The van der Waals surface area contributed by atoms with Crippen LogP contribution >= 0.6 is 0 Å². The van der Waals surface area contributed by atoms with Crippen molar-refractivity contribution in [3.8, 4) is 44.5 Å². The first kappa shape index (κ1) is 32.8. The summed E-state index contributed by atoms with van der Waals surface area (Å²) in [5.41, 5.74) is 15.9. The van der Waals surface area contributed by atoms with Crippen LogP contribution in [0.5, 0.6) is 0 Å². The van der Waals surface area contributed by atoms with Crippen molar-refractivity contribution >= 4 is 60.9 Å². The molecule has 9 aromatic carbocycles. The van der Waals surface area contributed by atoms with E-state index in [0.717, 1.165) is 83.2 Å². The molecule has 11 aromatic rings. The maximum Gasteiger partial charge on any atom is 0.147 e. The van der Waals surface area contributed by atoms with Gasteiger partial charge in [0.2, 0.25) is 0 Å². The average molecular weight is 730 g/mol. The van der Waals surface area contributed by atoms with Crippen LogP contribution in [-0.2, 0) is 0 Å². The van der Waals surface area contributed by atoms with Gasteiger partial charge in [0.15, 0.2) is 0 Å². The topological polar surface area (TPSA) is 29.5 Å². The summed E-state index contributed by atoms with van der Waals surface area (Å²) in [4.78, 5) is 2.34. The van der Waals surface area contributed by atoms with Crippen LogP contribution in [0.3, 0.4) is 0 Å². The molecule has 0 amide bonds. The van der Waals surface area contributed by atoms with Gasteiger partial charge in [-0.05, 0) is 111 Å². The normalized spacial score (nSPS) is 11.5. The largest absolute Gasteiger partial charge is 0.456 e. The third kappa shape index (κ3) is 5.76. The molecule has 3 heteroatoms. The highest BCUT2D eigenvalue weighted by Gasteiger charge is 2.20. The van der Waals surface area contributed by atoms with Gasteiger partial charge in [-0.15, -0.1) is 0 Å². The summed E-state index contributed by atoms with van der Waals surface area (Å²) in [5, 5.41) is 4.27. The zero-order chi connectivity index (χ0) is 37.7. The van der Waals surface area contributed by atoms with E-state index in [4.69, 9.17) is 8.83 Å². The van der Waals surface area contributed by atoms with Crippen LogP contribution in [0, 0.1) is 0 Å². The highest BCUT2D eigenvalue weighted by molar-refractivity contribution is 6.24. The number of rotatable bonds is 7. The third-order valence-corrected chi connectivity index (χ3v) is 11.1. The predicted octanol–water partition coefficient (Wildman–Crippen LogP) is 15.6. The van der Waals surface area contributed by atoms with E-state index < -0.39 is 0 Å². The first-order valence-corrected chi connectivity index (χ1v) is 19.3. The third-order valence-electron chi connectivity index (χ3n) is 11.1. The molecule has 2 heterocycles. The molecule has 0 unspecified atom stereocenters. The summed E-state index contributed by atoms with van der Waals surface area (Å²) in [6.45, 7) is 0. The zero-order valence-corrected chi connectivity index (χ0v) is 31.0. The van der Waals surface area contributed by atoms with Gasteiger partial charge < -0.3 is 13.7 Å². The molecule has 11 rings (SSSR count). The molecular formula is C54H35NO2. The van der Waals surface area contributed by atoms with E-state index in [1.807, 2.05) is 18.2 Å². The SMILES string of the molecule is c1ccc(-c2ccc(N(c3ccc(-c4ccccc4)cc3)c3cccc(-c4cccc(-c5cccc6oc7ccc8c9ccccc9oc8c7c56)c4)c3)cc2)cc1. The smallest absolute Gasteiger partial charge is 0.147 e. The minimum atomic E-state index is 0.821. The Bertz CT molecular complexity index is 3130. The maximum absolute atomic E-state index is 6.52. The molecule has 0 fully saturated rings. The van der Waals surface area contributed by atoms with Crippen molar-refractivity contribution in [2.45, 2.75) is 0 Å². The van der Waals surface area contributed by atoms with Crippen molar-refractivity contribution in [3.05, 3.63) is 212 Å². The Morgan fingerprint density at radius 3 is 1.51 bits per heavy atom. The van der Waals surface area contributed by atoms with Crippen LogP contribution in [0.4, 0.5) is 17.1 Å². The van der Waals surface area contributed by atoms with Crippen molar-refractivity contribution in [1.29, 1.82) is 0 Å². The van der Waals surface area contributed by atoms with Gasteiger partial charge in [0.25, 0.3) is 0 Å². The van der Waals surface area contributed by atoms with Crippen molar-refractivity contribution in [2.24, 2.45) is 0 Å². The second-order valence-electron chi connectivity index (χ2n) is 14.5. The van der Waals surface area contributed by atoms with Crippen LogP contribution in [0.1, 0.15) is 0 Å². The molecule has 2 aromatic heterocycles. The van der Waals surface area contributed by atoms with Crippen molar-refractivity contribution < 1.29 is 8.83 Å². The molecule has 0 saturated carbocycles. The summed E-state index contributed by atoms with van der Waals surface area (Å²) in [7, 11) is 0. The molecule has 0 radical (unpaired) electrons. The molecule has 3 nitrogen and oxygen atoms in total. The summed E-state index contributed by atoms with van der Waals surface area (Å²) >= 11 is 0. The summed E-state index contributed by atoms with van der Waals surface area (Å²) < 4.78 is 13.0. The van der Waals surface area contributed by atoms with E-state index in [1.54, 1.807) is 0 Å². The molecule has 0 saturated heterocycles. The number of fused-ring (bicyclic) bond motifs is 7. The Labute approximate surface area is 330 Å². The molecule has 0 atom stereocenters. The van der Waals surface area contributed by atoms with Gasteiger partial charge in [-0.3, -0.25) is 0 Å². The maximum atomic E-state index is 6.52. The average Bonchev–Trinajstić information content (AvgIpc) is 3.87. The molecule has 0 aliphatic carbocycles. The van der Waals surface area contributed by atoms with E-state index in [-0.39, 0.29) is 0 Å². The lowest BCUT2D eigenvalue weighted by Gasteiger charge is -2.26. The Morgan fingerprint density at radius 1 is 0.281 bits per heavy atom. The quantitative estimate of drug-likeness (QED) is 0.164. The van der Waals surface area contributed by atoms with Gasteiger partial charge in [0, 0.05) is 33.2 Å². The highest BCUT2D eigenvalue weighted by atomic mass is 16.3. The van der Waals surface area contributed by atoms with Gasteiger partial charge >= 0.3 is 0 Å². The Kier molecular flexibility index (Phi) is 7.82. The number of anilines is 3. The van der Waals surface area contributed by atoms with E-state index in [1.165, 1.54) is 22.3 Å². The van der Waals surface area contributed by atoms with Crippen LogP contribution in [0.25, 0.3) is 88.4 Å². The monoisotopic (exact) mass is 729 g/mol. The number of hydrogen-bond donors (Lipinski definition) is 0. The first-order valence-electron chi connectivity index (χ1n) is 19.3. The second-order valence-corrected chi connectivity index (χ2v) is 14.5. The van der Waals surface area contributed by atoms with E-state index in [2.05, 4.69) is 199 Å². The van der Waals surface area contributed by atoms with Crippen LogP contribution < -0.4 is 4.90 Å². The number of nitrogens with zero attached hydrogens (tertiary/aromatic N) is 1. The summed E-state index contributed by atoms with van der Waals surface area (Å²) in [6, 6.07) is 75.2. The van der Waals surface area contributed by atoms with Crippen molar-refractivity contribution in [1.82, 2.24) is 0 Å². The van der Waals surface area contributed by atoms with Gasteiger partial charge in [-0.2, -0.15) is 0 Å². The fraction of sp³-hybridized carbons (Fsp3) is 0. The first-order chi connectivity index (χ1) is 28.2. The zero-order valence-electron chi connectivity index (χ0n) is 31.0. The molecule has 57 heavy (non-hydrogen) atoms. The van der Waals surface area contributed by atoms with Gasteiger partial charge in [0.1, 0.15) is 22.3 Å². The highest BCUT2D eigenvalue weighted by Crippen LogP contribution is 2.44. The van der Waals surface area contributed by atoms with Crippen LogP contribution in [0.2, 0.25) is 0 Å². The number of hydrogen-bond acceptors (Lipinski definition) is 3. The Hall–Kier alpha value is -7.62. The van der Waals surface area contributed by atoms with Crippen LogP contribution in [-0.4, -0.2) is 0 Å². The predicted molar refractivity (Wildman–Crippen MR) is 237 cm³/mol. The lowest BCUT2D eigenvalue weighted by atomic mass is 9.95. The van der Waals surface area contributed by atoms with Gasteiger partial charge in [-0.1, -0.05) is 146 Å². The minimum Gasteiger partial charge on any atom is -0.456 e. The van der Waals surface area contributed by atoms with Crippen molar-refractivity contribution in [3.63, 3.8) is 0 Å². The molecule has 0 aliphatic heterocycles. The van der Waals surface area contributed by atoms with E-state index in [0.29, 0.717) is 0 Å². The molecule has 0 N–H and O–H groups in total. The number of benzene rings is 9. The van der Waals surface area contributed by atoms with E-state index >= 15 is 0 Å². The van der Waals surface area contributed by atoms with E-state index in [9.17, 15) is 0 Å². The lowest BCUT2D eigenvalue weighted by Crippen LogP contribution is -2.10. The molecular weight excluding hydrogens is 695 g/mol. The molecule has 0 spiro atoms. The summed E-state index contributed by atoms with van der Waals surface area (Å²) in [5.74, 6) is 0. The number of furan rings is 2. The Morgan fingerprint density at radius 2 is 0.807 bits per heavy atom. The fourth-order valence-electron chi connectivity index (χ4n) is 8.33. The molecule has 0 aliphatic rings. The van der Waals surface area contributed by atoms with Gasteiger partial charge in [0.05, 0.1) is 5.39 Å².